The van der Waals surface area contributed by atoms with Crippen LogP contribution in [-0.2, 0) is 11.3 Å². The van der Waals surface area contributed by atoms with Crippen LogP contribution in [0, 0.1) is 5.92 Å². The number of hydrogen-bond donors (Lipinski definition) is 1. The number of thioether (sulfide) groups is 1. The van der Waals surface area contributed by atoms with Crippen LogP contribution in [0.2, 0.25) is 0 Å². The Hall–Kier alpha value is -2.06. The highest BCUT2D eigenvalue weighted by Gasteiger charge is 2.18. The molecule has 3 aromatic heterocycles. The maximum Gasteiger partial charge on any atom is 0.230 e. The fourth-order valence-corrected chi connectivity index (χ4v) is 4.03. The van der Waals surface area contributed by atoms with Crippen molar-refractivity contribution in [1.82, 2.24) is 20.1 Å². The third-order valence-corrected chi connectivity index (χ3v) is 5.71. The Balaban J connectivity index is 1.66. The first-order valence-corrected chi connectivity index (χ1v) is 10.3. The van der Waals surface area contributed by atoms with Crippen LogP contribution in [0.25, 0.3) is 11.6 Å². The number of amides is 1. The molecule has 0 aliphatic rings. The summed E-state index contributed by atoms with van der Waals surface area (Å²) in [7, 11) is 0. The summed E-state index contributed by atoms with van der Waals surface area (Å²) in [5, 5.41) is 14.3. The lowest BCUT2D eigenvalue weighted by atomic mass is 10.2. The van der Waals surface area contributed by atoms with E-state index in [0.29, 0.717) is 23.3 Å². The topological polar surface area (TPSA) is 73.0 Å². The van der Waals surface area contributed by atoms with Crippen molar-refractivity contribution in [1.29, 1.82) is 0 Å². The third kappa shape index (κ3) is 4.56. The normalized spacial score (nSPS) is 12.5. The summed E-state index contributed by atoms with van der Waals surface area (Å²) in [6, 6.07) is 7.72. The monoisotopic (exact) mass is 390 g/mol. The third-order valence-electron chi connectivity index (χ3n) is 3.69. The van der Waals surface area contributed by atoms with E-state index in [1.54, 1.807) is 17.6 Å². The quantitative estimate of drug-likeness (QED) is 0.583. The smallest absolute Gasteiger partial charge is 0.230 e. The molecule has 0 radical (unpaired) electrons. The highest BCUT2D eigenvalue weighted by molar-refractivity contribution is 7.99. The maximum absolute atomic E-state index is 12.3. The summed E-state index contributed by atoms with van der Waals surface area (Å²) in [6.45, 7) is 7.02. The van der Waals surface area contributed by atoms with Crippen molar-refractivity contribution < 1.29 is 9.21 Å². The average Bonchev–Trinajstić information content (AvgIpc) is 3.34. The van der Waals surface area contributed by atoms with Gasteiger partial charge in [0, 0.05) is 11.4 Å². The van der Waals surface area contributed by atoms with Gasteiger partial charge in [-0.25, -0.2) is 0 Å². The number of thiophene rings is 1. The lowest BCUT2D eigenvalue weighted by Crippen LogP contribution is -2.27. The SMILES string of the molecule is CC(C)Cn1c(SCC(=O)NC(C)c2cccs2)nnc1-c1ccco1. The van der Waals surface area contributed by atoms with Gasteiger partial charge in [0.2, 0.25) is 5.91 Å². The molecule has 0 aliphatic heterocycles. The highest BCUT2D eigenvalue weighted by atomic mass is 32.2. The van der Waals surface area contributed by atoms with Crippen LogP contribution >= 0.6 is 23.1 Å². The van der Waals surface area contributed by atoms with E-state index < -0.39 is 0 Å². The molecular weight excluding hydrogens is 368 g/mol. The first-order chi connectivity index (χ1) is 12.5. The van der Waals surface area contributed by atoms with Crippen molar-refractivity contribution in [2.45, 2.75) is 38.5 Å². The number of aromatic nitrogens is 3. The van der Waals surface area contributed by atoms with Gasteiger partial charge in [-0.2, -0.15) is 0 Å². The maximum atomic E-state index is 12.3. The summed E-state index contributed by atoms with van der Waals surface area (Å²) >= 11 is 3.03. The molecule has 0 bridgehead atoms. The Morgan fingerprint density at radius 2 is 2.15 bits per heavy atom. The van der Waals surface area contributed by atoms with Crippen LogP contribution in [0.1, 0.15) is 31.7 Å². The predicted molar refractivity (Wildman–Crippen MR) is 104 cm³/mol. The van der Waals surface area contributed by atoms with E-state index in [0.717, 1.165) is 16.6 Å². The molecule has 0 aliphatic carbocycles. The van der Waals surface area contributed by atoms with Crippen molar-refractivity contribution in [3.05, 3.63) is 40.8 Å². The standard InChI is InChI=1S/C18H22N4O2S2/c1-12(2)10-22-17(14-6-4-8-24-14)20-21-18(22)26-11-16(23)19-13(3)15-7-5-9-25-15/h4-9,12-13H,10-11H2,1-3H3,(H,19,23). The summed E-state index contributed by atoms with van der Waals surface area (Å²) in [5.74, 6) is 2.07. The molecule has 3 aromatic rings. The van der Waals surface area contributed by atoms with Crippen molar-refractivity contribution in [3.63, 3.8) is 0 Å². The van der Waals surface area contributed by atoms with Gasteiger partial charge in [-0.1, -0.05) is 31.7 Å². The van der Waals surface area contributed by atoms with Gasteiger partial charge in [0.05, 0.1) is 18.1 Å². The Morgan fingerprint density at radius 1 is 1.31 bits per heavy atom. The van der Waals surface area contributed by atoms with E-state index in [1.165, 1.54) is 11.8 Å². The fourth-order valence-electron chi connectivity index (χ4n) is 2.54. The number of carbonyl (C=O) groups is 1. The molecule has 0 saturated heterocycles. The lowest BCUT2D eigenvalue weighted by molar-refractivity contribution is -0.119. The van der Waals surface area contributed by atoms with Gasteiger partial charge in [-0.3, -0.25) is 9.36 Å². The molecular formula is C18H22N4O2S2. The summed E-state index contributed by atoms with van der Waals surface area (Å²) in [5.41, 5.74) is 0. The summed E-state index contributed by atoms with van der Waals surface area (Å²) in [4.78, 5) is 13.4. The molecule has 1 amide bonds. The van der Waals surface area contributed by atoms with E-state index in [-0.39, 0.29) is 11.9 Å². The number of rotatable bonds is 8. The highest BCUT2D eigenvalue weighted by Crippen LogP contribution is 2.25. The van der Waals surface area contributed by atoms with Crippen LogP contribution in [0.3, 0.4) is 0 Å². The number of furan rings is 1. The van der Waals surface area contributed by atoms with E-state index in [9.17, 15) is 4.79 Å². The first-order valence-electron chi connectivity index (χ1n) is 8.47. The number of carbonyl (C=O) groups excluding carboxylic acids is 1. The zero-order valence-electron chi connectivity index (χ0n) is 15.0. The van der Waals surface area contributed by atoms with Gasteiger partial charge in [-0.15, -0.1) is 21.5 Å². The minimum Gasteiger partial charge on any atom is -0.461 e. The molecule has 8 heteroatoms. The summed E-state index contributed by atoms with van der Waals surface area (Å²) < 4.78 is 7.48. The summed E-state index contributed by atoms with van der Waals surface area (Å²) in [6.07, 6.45) is 1.62. The molecule has 26 heavy (non-hydrogen) atoms. The number of nitrogens with one attached hydrogen (secondary N) is 1. The van der Waals surface area contributed by atoms with Gasteiger partial charge >= 0.3 is 0 Å². The fraction of sp³-hybridized carbons (Fsp3) is 0.389. The molecule has 1 atom stereocenters. The second-order valence-electron chi connectivity index (χ2n) is 6.38. The van der Waals surface area contributed by atoms with Crippen LogP contribution < -0.4 is 5.32 Å². The molecule has 0 aromatic carbocycles. The molecule has 1 unspecified atom stereocenters. The minimum atomic E-state index is -0.0189. The minimum absolute atomic E-state index is 0.00955. The Labute approximate surface area is 161 Å². The first kappa shape index (κ1) is 18.7. The number of nitrogens with zero attached hydrogens (tertiary/aromatic N) is 3. The molecule has 0 spiro atoms. The molecule has 3 heterocycles. The Kier molecular flexibility index (Phi) is 6.16. The second-order valence-corrected chi connectivity index (χ2v) is 8.30. The average molecular weight is 391 g/mol. The van der Waals surface area contributed by atoms with Crippen molar-refractivity contribution in [2.75, 3.05) is 5.75 Å². The van der Waals surface area contributed by atoms with Crippen molar-refractivity contribution in [2.24, 2.45) is 5.92 Å². The molecule has 0 saturated carbocycles. The Morgan fingerprint density at radius 3 is 2.81 bits per heavy atom. The van der Waals surface area contributed by atoms with Crippen molar-refractivity contribution >= 4 is 29.0 Å². The predicted octanol–water partition coefficient (Wildman–Crippen LogP) is 4.23. The van der Waals surface area contributed by atoms with Gasteiger partial charge in [0.1, 0.15) is 0 Å². The van der Waals surface area contributed by atoms with E-state index >= 15 is 0 Å². The van der Waals surface area contributed by atoms with Crippen LogP contribution in [0.4, 0.5) is 0 Å². The van der Waals surface area contributed by atoms with Gasteiger partial charge in [0.25, 0.3) is 0 Å². The van der Waals surface area contributed by atoms with E-state index in [2.05, 4.69) is 29.4 Å². The van der Waals surface area contributed by atoms with E-state index in [1.807, 2.05) is 41.1 Å². The molecule has 138 valence electrons. The van der Waals surface area contributed by atoms with Crippen molar-refractivity contribution in [3.8, 4) is 11.6 Å². The van der Waals surface area contributed by atoms with Crippen LogP contribution in [0.5, 0.6) is 0 Å². The van der Waals surface area contributed by atoms with Gasteiger partial charge < -0.3 is 9.73 Å². The second kappa shape index (κ2) is 8.55. The Bertz CT molecular complexity index is 826. The molecule has 3 rings (SSSR count). The van der Waals surface area contributed by atoms with Crippen LogP contribution in [-0.4, -0.2) is 26.4 Å². The van der Waals surface area contributed by atoms with Crippen LogP contribution in [0.15, 0.2) is 45.5 Å². The largest absolute Gasteiger partial charge is 0.461 e. The molecule has 0 fully saturated rings. The molecule has 6 nitrogen and oxygen atoms in total. The number of hydrogen-bond acceptors (Lipinski definition) is 6. The van der Waals surface area contributed by atoms with E-state index in [4.69, 9.17) is 4.42 Å². The van der Waals surface area contributed by atoms with Gasteiger partial charge in [0.15, 0.2) is 16.7 Å². The van der Waals surface area contributed by atoms with Gasteiger partial charge in [-0.05, 0) is 36.4 Å². The zero-order chi connectivity index (χ0) is 18.5. The zero-order valence-corrected chi connectivity index (χ0v) is 16.6. The molecule has 1 N–H and O–H groups in total. The lowest BCUT2D eigenvalue weighted by Gasteiger charge is -2.13.